The summed E-state index contributed by atoms with van der Waals surface area (Å²) in [4.78, 5) is 15.4. The Labute approximate surface area is 222 Å². The molecule has 0 unspecified atom stereocenters. The van der Waals surface area contributed by atoms with Gasteiger partial charge in [-0.2, -0.15) is 0 Å². The van der Waals surface area contributed by atoms with Crippen molar-refractivity contribution in [1.29, 1.82) is 0 Å². The molecule has 0 radical (unpaired) electrons. The first kappa shape index (κ1) is 22.1. The van der Waals surface area contributed by atoms with E-state index in [2.05, 4.69) is 67.6 Å². The van der Waals surface area contributed by atoms with Gasteiger partial charge in [-0.15, -0.1) is 0 Å². The van der Waals surface area contributed by atoms with Crippen LogP contribution in [0.15, 0.2) is 93.8 Å². The van der Waals surface area contributed by atoms with Crippen LogP contribution in [0.2, 0.25) is 0 Å². The lowest BCUT2D eigenvalue weighted by molar-refractivity contribution is 0.166. The van der Waals surface area contributed by atoms with E-state index in [1.807, 2.05) is 18.2 Å². The molecular weight excluding hydrogens is 474 g/mol. The lowest BCUT2D eigenvalue weighted by atomic mass is 9.85. The SMILES string of the molecule is CC(CC1=N[C@@H](c2ccccc2)CO1)(C1=N[C@H]2c3ccccc3C[C@H]2O1)C1=N[C@H]2c3ccccc3C[C@H]2O1. The highest BCUT2D eigenvalue weighted by Gasteiger charge is 2.53. The van der Waals surface area contributed by atoms with Crippen LogP contribution in [0.25, 0.3) is 0 Å². The highest BCUT2D eigenvalue weighted by Crippen LogP contribution is 2.48. The van der Waals surface area contributed by atoms with Gasteiger partial charge in [0.05, 0.1) is 0 Å². The number of ether oxygens (including phenoxy) is 3. The van der Waals surface area contributed by atoms with Gasteiger partial charge < -0.3 is 14.2 Å². The van der Waals surface area contributed by atoms with E-state index in [1.165, 1.54) is 22.3 Å². The molecule has 5 atom stereocenters. The molecule has 0 saturated heterocycles. The molecule has 0 aromatic heterocycles. The minimum atomic E-state index is -0.705. The number of hydrogen-bond donors (Lipinski definition) is 0. The monoisotopic (exact) mass is 503 g/mol. The second-order valence-electron chi connectivity index (χ2n) is 11.1. The Kier molecular flexibility index (Phi) is 4.82. The summed E-state index contributed by atoms with van der Waals surface area (Å²) in [6.07, 6.45) is 2.24. The minimum absolute atomic E-state index is 0.00579. The van der Waals surface area contributed by atoms with Crippen LogP contribution >= 0.6 is 0 Å². The Bertz CT molecular complexity index is 1430. The summed E-state index contributed by atoms with van der Waals surface area (Å²) in [5.41, 5.74) is 5.61. The fraction of sp³-hybridized carbons (Fsp3) is 0.344. The molecule has 3 aliphatic heterocycles. The van der Waals surface area contributed by atoms with Crippen molar-refractivity contribution in [3.63, 3.8) is 0 Å². The van der Waals surface area contributed by atoms with Gasteiger partial charge in [0.2, 0.25) is 11.8 Å². The molecule has 5 aliphatic rings. The van der Waals surface area contributed by atoms with E-state index >= 15 is 0 Å². The average Bonchev–Trinajstić information content (AvgIpc) is 3.75. The summed E-state index contributed by atoms with van der Waals surface area (Å²) < 4.78 is 19.4. The van der Waals surface area contributed by atoms with Crippen LogP contribution in [-0.4, -0.2) is 36.5 Å². The highest BCUT2D eigenvalue weighted by atomic mass is 16.5. The molecule has 0 spiro atoms. The van der Waals surface area contributed by atoms with E-state index in [4.69, 9.17) is 29.2 Å². The van der Waals surface area contributed by atoms with Crippen molar-refractivity contribution in [2.75, 3.05) is 6.61 Å². The van der Waals surface area contributed by atoms with E-state index in [1.54, 1.807) is 0 Å². The highest BCUT2D eigenvalue weighted by molar-refractivity contribution is 6.09. The van der Waals surface area contributed by atoms with Gasteiger partial charge in [-0.1, -0.05) is 78.9 Å². The molecule has 6 nitrogen and oxygen atoms in total. The first-order valence-electron chi connectivity index (χ1n) is 13.6. The Morgan fingerprint density at radius 1 is 0.711 bits per heavy atom. The quantitative estimate of drug-likeness (QED) is 0.446. The Hall–Kier alpha value is -3.93. The summed E-state index contributed by atoms with van der Waals surface area (Å²) in [7, 11) is 0. The minimum Gasteiger partial charge on any atom is -0.478 e. The maximum atomic E-state index is 6.64. The Morgan fingerprint density at radius 3 is 1.87 bits per heavy atom. The first-order valence-corrected chi connectivity index (χ1v) is 13.6. The zero-order chi connectivity index (χ0) is 25.3. The Balaban J connectivity index is 1.16. The normalized spacial score (nSPS) is 28.2. The molecule has 2 aliphatic carbocycles. The molecule has 8 rings (SSSR count). The van der Waals surface area contributed by atoms with E-state index in [9.17, 15) is 0 Å². The summed E-state index contributed by atoms with van der Waals surface area (Å²) in [5, 5.41) is 0. The third kappa shape index (κ3) is 3.35. The van der Waals surface area contributed by atoms with E-state index in [0.29, 0.717) is 30.7 Å². The molecule has 190 valence electrons. The number of nitrogens with zero attached hydrogens (tertiary/aromatic N) is 3. The van der Waals surface area contributed by atoms with Crippen LogP contribution in [0, 0.1) is 5.41 Å². The lowest BCUT2D eigenvalue weighted by Crippen LogP contribution is -2.41. The van der Waals surface area contributed by atoms with E-state index in [0.717, 1.165) is 18.4 Å². The van der Waals surface area contributed by atoms with Gasteiger partial charge in [0.1, 0.15) is 42.4 Å². The topological polar surface area (TPSA) is 64.8 Å². The van der Waals surface area contributed by atoms with Crippen LogP contribution < -0.4 is 0 Å². The van der Waals surface area contributed by atoms with Crippen molar-refractivity contribution in [3.05, 3.63) is 107 Å². The van der Waals surface area contributed by atoms with Gasteiger partial charge in [0.25, 0.3) is 0 Å². The second-order valence-corrected chi connectivity index (χ2v) is 11.1. The van der Waals surface area contributed by atoms with Crippen LogP contribution in [0.5, 0.6) is 0 Å². The van der Waals surface area contributed by atoms with Gasteiger partial charge >= 0.3 is 0 Å². The lowest BCUT2D eigenvalue weighted by Gasteiger charge is -2.29. The van der Waals surface area contributed by atoms with Gasteiger partial charge in [-0.05, 0) is 34.7 Å². The van der Waals surface area contributed by atoms with Crippen molar-refractivity contribution in [1.82, 2.24) is 0 Å². The molecule has 0 N–H and O–H groups in total. The number of fused-ring (bicyclic) bond motifs is 6. The third-order valence-corrected chi connectivity index (χ3v) is 8.67. The van der Waals surface area contributed by atoms with Gasteiger partial charge in [0, 0.05) is 19.3 Å². The van der Waals surface area contributed by atoms with Gasteiger partial charge in [0.15, 0.2) is 5.90 Å². The molecule has 0 bridgehead atoms. The molecule has 3 heterocycles. The summed E-state index contributed by atoms with van der Waals surface area (Å²) in [6.45, 7) is 2.67. The first-order chi connectivity index (χ1) is 18.7. The zero-order valence-corrected chi connectivity index (χ0v) is 21.3. The van der Waals surface area contributed by atoms with E-state index in [-0.39, 0.29) is 30.3 Å². The molecule has 0 amide bonds. The molecule has 0 saturated carbocycles. The van der Waals surface area contributed by atoms with E-state index < -0.39 is 5.41 Å². The fourth-order valence-corrected chi connectivity index (χ4v) is 6.65. The molecular formula is C32H29N3O3. The van der Waals surface area contributed by atoms with Crippen molar-refractivity contribution in [3.8, 4) is 0 Å². The maximum Gasteiger partial charge on any atom is 0.200 e. The van der Waals surface area contributed by atoms with Crippen molar-refractivity contribution >= 4 is 17.7 Å². The standard InChI is InChI=1S/C32H29N3O3/c1-32(17-27-33-24(18-36-27)19-9-3-2-4-10-19,30-34-28-22-13-7-5-11-20(22)15-25(28)37-30)31-35-29-23-14-8-6-12-21(23)16-26(29)38-31/h2-14,24-26,28-29H,15-18H2,1H3/t24-,25-,26-,28+,29+/m1/s1. The maximum absolute atomic E-state index is 6.64. The number of aliphatic imine (C=N–C) groups is 3. The Morgan fingerprint density at radius 2 is 1.26 bits per heavy atom. The summed E-state index contributed by atoms with van der Waals surface area (Å²) in [6, 6.07) is 27.4. The predicted molar refractivity (Wildman–Crippen MR) is 146 cm³/mol. The van der Waals surface area contributed by atoms with Crippen LogP contribution in [0.1, 0.15) is 59.3 Å². The largest absolute Gasteiger partial charge is 0.478 e. The predicted octanol–water partition coefficient (Wildman–Crippen LogP) is 5.74. The summed E-state index contributed by atoms with van der Waals surface area (Å²) >= 11 is 0. The smallest absolute Gasteiger partial charge is 0.200 e. The molecule has 0 fully saturated rings. The average molecular weight is 504 g/mol. The van der Waals surface area contributed by atoms with Crippen molar-refractivity contribution < 1.29 is 14.2 Å². The van der Waals surface area contributed by atoms with Crippen LogP contribution in [0.3, 0.4) is 0 Å². The van der Waals surface area contributed by atoms with Gasteiger partial charge in [-0.25, -0.2) is 15.0 Å². The van der Waals surface area contributed by atoms with Gasteiger partial charge in [-0.3, -0.25) is 0 Å². The molecule has 3 aromatic carbocycles. The molecule has 6 heteroatoms. The molecule has 3 aromatic rings. The number of hydrogen-bond acceptors (Lipinski definition) is 6. The van der Waals surface area contributed by atoms with Crippen molar-refractivity contribution in [2.45, 2.75) is 56.5 Å². The fourth-order valence-electron chi connectivity index (χ4n) is 6.65. The molecule has 38 heavy (non-hydrogen) atoms. The summed E-state index contributed by atoms with van der Waals surface area (Å²) in [5.74, 6) is 2.07. The second kappa shape index (κ2) is 8.29. The zero-order valence-electron chi connectivity index (χ0n) is 21.3. The number of benzene rings is 3. The van der Waals surface area contributed by atoms with Crippen LogP contribution in [0.4, 0.5) is 0 Å². The third-order valence-electron chi connectivity index (χ3n) is 8.67. The number of rotatable bonds is 5. The van der Waals surface area contributed by atoms with Crippen molar-refractivity contribution in [2.24, 2.45) is 20.4 Å². The van der Waals surface area contributed by atoms with Crippen LogP contribution in [-0.2, 0) is 27.1 Å².